The van der Waals surface area contributed by atoms with E-state index in [1.54, 1.807) is 18.2 Å². The first-order chi connectivity index (χ1) is 13.6. The molecule has 0 unspecified atom stereocenters. The van der Waals surface area contributed by atoms with Gasteiger partial charge in [-0.3, -0.25) is 0 Å². The largest absolute Gasteiger partial charge is 0.545 e. The second-order valence-electron chi connectivity index (χ2n) is 6.76. The van der Waals surface area contributed by atoms with E-state index < -0.39 is 5.97 Å². The van der Waals surface area contributed by atoms with Gasteiger partial charge in [0.05, 0.1) is 29.9 Å². The normalized spacial score (nSPS) is 14.7. The third kappa shape index (κ3) is 3.16. The number of aromatic nitrogens is 1. The van der Waals surface area contributed by atoms with E-state index in [1.807, 2.05) is 36.4 Å². The van der Waals surface area contributed by atoms with Gasteiger partial charge in [-0.05, 0) is 60.2 Å². The van der Waals surface area contributed by atoms with Gasteiger partial charge in [-0.1, -0.05) is 30.3 Å². The number of methoxy groups -OCH3 is 1. The van der Waals surface area contributed by atoms with Crippen LogP contribution in [-0.4, -0.2) is 24.0 Å². The molecule has 1 aliphatic carbocycles. The summed E-state index contributed by atoms with van der Waals surface area (Å²) in [6, 6.07) is 14.4. The van der Waals surface area contributed by atoms with Crippen LogP contribution in [0, 0.1) is 0 Å². The Morgan fingerprint density at radius 3 is 2.54 bits per heavy atom. The smallest absolute Gasteiger partial charge is 0.337 e. The molecular weight excluding hydrogens is 354 g/mol. The Kier molecular flexibility index (Phi) is 4.65. The molecule has 1 aliphatic rings. The summed E-state index contributed by atoms with van der Waals surface area (Å²) in [4.78, 5) is 28.2. The zero-order chi connectivity index (χ0) is 19.7. The predicted octanol–water partition coefficient (Wildman–Crippen LogP) is 3.26. The highest BCUT2D eigenvalue weighted by Gasteiger charge is 2.22. The van der Waals surface area contributed by atoms with Gasteiger partial charge in [0, 0.05) is 10.9 Å². The van der Waals surface area contributed by atoms with Crippen molar-refractivity contribution in [3.8, 4) is 0 Å². The molecule has 0 spiro atoms. The van der Waals surface area contributed by atoms with Gasteiger partial charge in [0.2, 0.25) is 0 Å². The number of carboxylic acid groups (broad SMARTS) is 1. The average molecular weight is 372 g/mol. The van der Waals surface area contributed by atoms with Crippen LogP contribution in [0.5, 0.6) is 0 Å². The number of para-hydroxylation sites is 1. The van der Waals surface area contributed by atoms with Crippen LogP contribution in [0.3, 0.4) is 0 Å². The molecule has 28 heavy (non-hydrogen) atoms. The van der Waals surface area contributed by atoms with E-state index in [0.717, 1.165) is 35.2 Å². The van der Waals surface area contributed by atoms with Crippen LogP contribution in [0.25, 0.3) is 22.6 Å². The lowest BCUT2D eigenvalue weighted by Crippen LogP contribution is -2.26. The first-order valence-corrected chi connectivity index (χ1v) is 9.11. The summed E-state index contributed by atoms with van der Waals surface area (Å²) in [5.74, 6) is -1.55. The lowest BCUT2D eigenvalue weighted by Gasteiger charge is -2.23. The van der Waals surface area contributed by atoms with E-state index in [0.29, 0.717) is 22.9 Å². The van der Waals surface area contributed by atoms with Crippen LogP contribution < -0.4 is 5.11 Å². The summed E-state index contributed by atoms with van der Waals surface area (Å²) in [6.45, 7) is 0. The highest BCUT2D eigenvalue weighted by atomic mass is 16.5. The van der Waals surface area contributed by atoms with Gasteiger partial charge in [-0.15, -0.1) is 0 Å². The molecule has 4 rings (SSSR count). The van der Waals surface area contributed by atoms with Crippen molar-refractivity contribution in [1.29, 1.82) is 0 Å². The number of esters is 1. The number of pyridine rings is 1. The van der Waals surface area contributed by atoms with E-state index in [4.69, 9.17) is 9.72 Å². The summed E-state index contributed by atoms with van der Waals surface area (Å²) < 4.78 is 4.72. The molecular formula is C23H18NO4-. The molecule has 1 aromatic heterocycles. The van der Waals surface area contributed by atoms with Gasteiger partial charge in [-0.25, -0.2) is 9.78 Å². The van der Waals surface area contributed by atoms with Crippen LogP contribution >= 0.6 is 0 Å². The van der Waals surface area contributed by atoms with Crippen LogP contribution in [0.1, 0.15) is 50.4 Å². The Hall–Kier alpha value is -3.47. The molecule has 0 saturated heterocycles. The minimum absolute atomic E-state index is 0.243. The van der Waals surface area contributed by atoms with Crippen LogP contribution in [0.4, 0.5) is 0 Å². The second kappa shape index (κ2) is 7.27. The third-order valence-electron chi connectivity index (χ3n) is 5.05. The van der Waals surface area contributed by atoms with Gasteiger partial charge in [0.1, 0.15) is 0 Å². The number of carboxylic acids is 1. The zero-order valence-corrected chi connectivity index (χ0v) is 15.4. The maximum Gasteiger partial charge on any atom is 0.337 e. The van der Waals surface area contributed by atoms with Crippen molar-refractivity contribution in [2.24, 2.45) is 0 Å². The minimum atomic E-state index is -1.17. The first kappa shape index (κ1) is 17.9. The van der Waals surface area contributed by atoms with Crippen LogP contribution in [0.2, 0.25) is 0 Å². The third-order valence-corrected chi connectivity index (χ3v) is 5.05. The number of allylic oxidation sites excluding steroid dienone is 1. The SMILES string of the molecule is COC(=O)c1ccc(/C=C2\CCCc3c2nc2ccccc2c3C(=O)[O-])cc1. The van der Waals surface area contributed by atoms with Crippen molar-refractivity contribution in [3.63, 3.8) is 0 Å². The summed E-state index contributed by atoms with van der Waals surface area (Å²) >= 11 is 0. The maximum absolute atomic E-state index is 11.9. The lowest BCUT2D eigenvalue weighted by atomic mass is 9.86. The number of carbonyl (C=O) groups is 2. The number of hydrogen-bond donors (Lipinski definition) is 0. The molecule has 5 nitrogen and oxygen atoms in total. The minimum Gasteiger partial charge on any atom is -0.545 e. The molecule has 0 aliphatic heterocycles. The summed E-state index contributed by atoms with van der Waals surface area (Å²) in [5, 5.41) is 12.5. The highest BCUT2D eigenvalue weighted by molar-refractivity contribution is 6.05. The second-order valence-corrected chi connectivity index (χ2v) is 6.76. The molecule has 0 N–H and O–H groups in total. The molecule has 0 amide bonds. The van der Waals surface area contributed by atoms with Crippen molar-refractivity contribution in [1.82, 2.24) is 4.98 Å². The fraction of sp³-hybridized carbons (Fsp3) is 0.174. The van der Waals surface area contributed by atoms with E-state index in [9.17, 15) is 14.7 Å². The van der Waals surface area contributed by atoms with Crippen LogP contribution in [0.15, 0.2) is 48.5 Å². The Labute approximate surface area is 162 Å². The molecule has 0 radical (unpaired) electrons. The molecule has 0 saturated carbocycles. The van der Waals surface area contributed by atoms with Gasteiger partial charge in [0.25, 0.3) is 0 Å². The number of aromatic carboxylic acids is 1. The van der Waals surface area contributed by atoms with E-state index in [2.05, 4.69) is 0 Å². The van der Waals surface area contributed by atoms with Gasteiger partial charge < -0.3 is 14.6 Å². The molecule has 1 heterocycles. The maximum atomic E-state index is 11.9. The fourth-order valence-electron chi connectivity index (χ4n) is 3.74. The van der Waals surface area contributed by atoms with Crippen molar-refractivity contribution >= 4 is 34.5 Å². The monoisotopic (exact) mass is 372 g/mol. The Balaban J connectivity index is 1.84. The molecule has 5 heteroatoms. The zero-order valence-electron chi connectivity index (χ0n) is 15.4. The molecule has 0 fully saturated rings. The van der Waals surface area contributed by atoms with Gasteiger partial charge in [0.15, 0.2) is 0 Å². The molecule has 140 valence electrons. The fourth-order valence-corrected chi connectivity index (χ4v) is 3.74. The summed E-state index contributed by atoms with van der Waals surface area (Å²) in [6.07, 6.45) is 4.32. The Bertz CT molecular complexity index is 1110. The van der Waals surface area contributed by atoms with Gasteiger partial charge >= 0.3 is 5.97 Å². The number of nitrogens with zero attached hydrogens (tertiary/aromatic N) is 1. The highest BCUT2D eigenvalue weighted by Crippen LogP contribution is 2.35. The molecule has 2 aromatic carbocycles. The first-order valence-electron chi connectivity index (χ1n) is 9.11. The lowest BCUT2D eigenvalue weighted by molar-refractivity contribution is -0.254. The number of hydrogen-bond acceptors (Lipinski definition) is 5. The van der Waals surface area contributed by atoms with Crippen molar-refractivity contribution < 1.29 is 19.4 Å². The topological polar surface area (TPSA) is 79.3 Å². The van der Waals surface area contributed by atoms with Crippen LogP contribution in [-0.2, 0) is 11.2 Å². The Morgan fingerprint density at radius 2 is 1.82 bits per heavy atom. The van der Waals surface area contributed by atoms with E-state index >= 15 is 0 Å². The van der Waals surface area contributed by atoms with Crippen molar-refractivity contribution in [3.05, 3.63) is 76.5 Å². The Morgan fingerprint density at radius 1 is 1.07 bits per heavy atom. The number of fused-ring (bicyclic) bond motifs is 2. The quantitative estimate of drug-likeness (QED) is 0.660. The summed E-state index contributed by atoms with van der Waals surface area (Å²) in [5.41, 5.74) is 4.74. The van der Waals surface area contributed by atoms with Crippen molar-refractivity contribution in [2.75, 3.05) is 7.11 Å². The predicted molar refractivity (Wildman–Crippen MR) is 105 cm³/mol. The number of carbonyl (C=O) groups excluding carboxylic acids is 2. The average Bonchev–Trinajstić information content (AvgIpc) is 2.72. The molecule has 0 bridgehead atoms. The standard InChI is InChI=1S/C23H19NO4/c1-28-23(27)15-11-9-14(10-12-15)13-16-5-4-7-18-20(22(25)26)17-6-2-3-8-19(17)24-21(16)18/h2-3,6,8-13H,4-5,7H2,1H3,(H,25,26)/p-1/b16-13+. The van der Waals surface area contributed by atoms with E-state index in [1.165, 1.54) is 7.11 Å². The molecule has 3 aromatic rings. The van der Waals surface area contributed by atoms with Crippen molar-refractivity contribution in [2.45, 2.75) is 19.3 Å². The number of rotatable bonds is 3. The van der Waals surface area contributed by atoms with E-state index in [-0.39, 0.29) is 11.5 Å². The summed E-state index contributed by atoms with van der Waals surface area (Å²) in [7, 11) is 1.35. The van der Waals surface area contributed by atoms with Gasteiger partial charge in [-0.2, -0.15) is 0 Å². The number of benzene rings is 2. The molecule has 0 atom stereocenters. The number of ether oxygens (including phenoxy) is 1.